The van der Waals surface area contributed by atoms with Crippen LogP contribution in [0.1, 0.15) is 18.4 Å². The molecule has 1 atom stereocenters. The molecule has 21 heavy (non-hydrogen) atoms. The average molecular weight is 309 g/mol. The van der Waals surface area contributed by atoms with Gasteiger partial charge in [-0.2, -0.15) is 0 Å². The zero-order valence-corrected chi connectivity index (χ0v) is 12.6. The van der Waals surface area contributed by atoms with Gasteiger partial charge in [0.05, 0.1) is 5.92 Å². The first-order chi connectivity index (χ1) is 10.1. The second-order valence-corrected chi connectivity index (χ2v) is 6.66. The fourth-order valence-corrected chi connectivity index (χ4v) is 3.54. The normalized spacial score (nSPS) is 17.4. The fraction of sp³-hybridized carbons (Fsp3) is 0.467. The highest BCUT2D eigenvalue weighted by atomic mass is 32.2. The summed E-state index contributed by atoms with van der Waals surface area (Å²) in [6, 6.07) is 9.43. The Labute approximate surface area is 126 Å². The number of hydrogen-bond donors (Lipinski definition) is 1. The molecule has 0 radical (unpaired) electrons. The maximum absolute atomic E-state index is 12.1. The number of rotatable bonds is 5. The molecule has 1 amide bonds. The predicted molar refractivity (Wildman–Crippen MR) is 80.1 cm³/mol. The van der Waals surface area contributed by atoms with E-state index in [-0.39, 0.29) is 17.6 Å². The van der Waals surface area contributed by atoms with Crippen molar-refractivity contribution in [2.24, 2.45) is 5.92 Å². The van der Waals surface area contributed by atoms with Gasteiger partial charge in [0.15, 0.2) is 0 Å². The third kappa shape index (κ3) is 4.67. The number of piperidine rings is 1. The van der Waals surface area contributed by atoms with Crippen molar-refractivity contribution in [1.29, 1.82) is 0 Å². The molecule has 1 aromatic rings. The zero-order valence-electron chi connectivity index (χ0n) is 11.7. The van der Waals surface area contributed by atoms with E-state index in [4.69, 9.17) is 5.11 Å². The molecule has 1 heterocycles. The quantitative estimate of drug-likeness (QED) is 0.888. The molecule has 1 aliphatic heterocycles. The van der Waals surface area contributed by atoms with Crippen LogP contribution < -0.4 is 0 Å². The van der Waals surface area contributed by atoms with Crippen molar-refractivity contribution in [2.45, 2.75) is 18.6 Å². The van der Waals surface area contributed by atoms with Crippen molar-refractivity contribution < 1.29 is 18.9 Å². The lowest BCUT2D eigenvalue weighted by Gasteiger charge is -2.30. The zero-order chi connectivity index (χ0) is 15.2. The van der Waals surface area contributed by atoms with Crippen molar-refractivity contribution in [3.8, 4) is 0 Å². The minimum atomic E-state index is -1.23. The van der Waals surface area contributed by atoms with E-state index >= 15 is 0 Å². The van der Waals surface area contributed by atoms with Crippen LogP contribution in [0.3, 0.4) is 0 Å². The van der Waals surface area contributed by atoms with E-state index < -0.39 is 16.8 Å². The van der Waals surface area contributed by atoms with Crippen molar-refractivity contribution >= 4 is 22.7 Å². The number of nitrogens with zero attached hydrogens (tertiary/aromatic N) is 1. The first kappa shape index (κ1) is 15.7. The maximum atomic E-state index is 12.1. The molecule has 5 nitrogen and oxygen atoms in total. The highest BCUT2D eigenvalue weighted by molar-refractivity contribution is 7.84. The molecular weight excluding hydrogens is 290 g/mol. The van der Waals surface area contributed by atoms with E-state index in [1.807, 2.05) is 30.3 Å². The number of amides is 1. The van der Waals surface area contributed by atoms with Gasteiger partial charge in [-0.3, -0.25) is 13.8 Å². The van der Waals surface area contributed by atoms with Crippen LogP contribution in [0.25, 0.3) is 0 Å². The summed E-state index contributed by atoms with van der Waals surface area (Å²) in [4.78, 5) is 24.5. The highest BCUT2D eigenvalue weighted by Crippen LogP contribution is 2.17. The van der Waals surface area contributed by atoms with Gasteiger partial charge in [0.25, 0.3) is 0 Å². The number of carboxylic acids is 1. The van der Waals surface area contributed by atoms with E-state index in [0.29, 0.717) is 31.7 Å². The first-order valence-electron chi connectivity index (χ1n) is 6.95. The molecule has 0 bridgehead atoms. The van der Waals surface area contributed by atoms with Crippen LogP contribution in [0.5, 0.6) is 0 Å². The maximum Gasteiger partial charge on any atom is 0.306 e. The molecule has 0 saturated carbocycles. The average Bonchev–Trinajstić information content (AvgIpc) is 2.48. The van der Waals surface area contributed by atoms with Crippen LogP contribution in [0.2, 0.25) is 0 Å². The summed E-state index contributed by atoms with van der Waals surface area (Å²) in [5.74, 6) is -0.920. The first-order valence-corrected chi connectivity index (χ1v) is 8.44. The Morgan fingerprint density at radius 1 is 1.19 bits per heavy atom. The molecule has 1 N–H and O–H groups in total. The molecule has 1 aromatic carbocycles. The molecule has 1 aliphatic rings. The molecule has 1 fully saturated rings. The second-order valence-electron chi connectivity index (χ2n) is 5.21. The fourth-order valence-electron chi connectivity index (χ4n) is 2.42. The Morgan fingerprint density at radius 3 is 2.38 bits per heavy atom. The van der Waals surface area contributed by atoms with Gasteiger partial charge >= 0.3 is 5.97 Å². The summed E-state index contributed by atoms with van der Waals surface area (Å²) in [5.41, 5.74) is 0.952. The molecule has 2 rings (SSSR count). The molecule has 0 aliphatic carbocycles. The molecular formula is C15H19NO4S. The van der Waals surface area contributed by atoms with Crippen molar-refractivity contribution in [1.82, 2.24) is 4.90 Å². The monoisotopic (exact) mass is 309 g/mol. The Balaban J connectivity index is 1.79. The number of aliphatic carboxylic acids is 1. The van der Waals surface area contributed by atoms with Gasteiger partial charge in [-0.1, -0.05) is 30.3 Å². The van der Waals surface area contributed by atoms with Crippen LogP contribution in [0.15, 0.2) is 30.3 Å². The lowest BCUT2D eigenvalue weighted by atomic mass is 9.97. The third-order valence-electron chi connectivity index (χ3n) is 3.65. The van der Waals surface area contributed by atoms with Gasteiger partial charge in [-0.05, 0) is 18.4 Å². The summed E-state index contributed by atoms with van der Waals surface area (Å²) in [5, 5.41) is 8.92. The van der Waals surface area contributed by atoms with E-state index in [0.717, 1.165) is 5.56 Å². The molecule has 114 valence electrons. The topological polar surface area (TPSA) is 74.7 Å². The number of carboxylic acid groups (broad SMARTS) is 1. The van der Waals surface area contributed by atoms with Gasteiger partial charge in [0.1, 0.15) is 5.75 Å². The van der Waals surface area contributed by atoms with Crippen LogP contribution in [0, 0.1) is 5.92 Å². The Hall–Kier alpha value is -1.69. The molecule has 0 spiro atoms. The van der Waals surface area contributed by atoms with Crippen LogP contribution >= 0.6 is 0 Å². The lowest BCUT2D eigenvalue weighted by Crippen LogP contribution is -2.42. The largest absolute Gasteiger partial charge is 0.481 e. The van der Waals surface area contributed by atoms with Crippen LogP contribution in [-0.2, 0) is 26.1 Å². The summed E-state index contributed by atoms with van der Waals surface area (Å²) in [6.07, 6.45) is 0.957. The van der Waals surface area contributed by atoms with Gasteiger partial charge < -0.3 is 10.0 Å². The molecule has 1 unspecified atom stereocenters. The Morgan fingerprint density at radius 2 is 1.81 bits per heavy atom. The Kier molecular flexibility index (Phi) is 5.50. The van der Waals surface area contributed by atoms with Crippen molar-refractivity contribution in [3.05, 3.63) is 35.9 Å². The van der Waals surface area contributed by atoms with Gasteiger partial charge in [-0.25, -0.2) is 0 Å². The van der Waals surface area contributed by atoms with E-state index in [2.05, 4.69) is 0 Å². The minimum Gasteiger partial charge on any atom is -0.481 e. The van der Waals surface area contributed by atoms with Crippen LogP contribution in [-0.4, -0.2) is 44.9 Å². The third-order valence-corrected chi connectivity index (χ3v) is 4.88. The SMILES string of the molecule is O=C(O)C1CCN(C(=O)CS(=O)Cc2ccccc2)CC1. The summed E-state index contributed by atoms with van der Waals surface area (Å²) in [6.45, 7) is 0.886. The van der Waals surface area contributed by atoms with Gasteiger partial charge in [0.2, 0.25) is 5.91 Å². The summed E-state index contributed by atoms with van der Waals surface area (Å²) in [7, 11) is -1.23. The molecule has 1 saturated heterocycles. The standard InChI is InChI=1S/C15H19NO4S/c17-14(16-8-6-13(7-9-16)15(18)19)11-21(20)10-12-4-2-1-3-5-12/h1-5,13H,6-11H2,(H,18,19). The van der Waals surface area contributed by atoms with Crippen LogP contribution in [0.4, 0.5) is 0 Å². The Bertz CT molecular complexity index is 524. The summed E-state index contributed by atoms with van der Waals surface area (Å²) < 4.78 is 12.0. The van der Waals surface area contributed by atoms with Crippen molar-refractivity contribution in [3.63, 3.8) is 0 Å². The van der Waals surface area contributed by atoms with Gasteiger partial charge in [0, 0.05) is 29.6 Å². The van der Waals surface area contributed by atoms with E-state index in [9.17, 15) is 13.8 Å². The second kappa shape index (κ2) is 7.36. The van der Waals surface area contributed by atoms with Gasteiger partial charge in [-0.15, -0.1) is 0 Å². The molecule has 6 heteroatoms. The minimum absolute atomic E-state index is 0.00658. The molecule has 0 aromatic heterocycles. The van der Waals surface area contributed by atoms with E-state index in [1.165, 1.54) is 0 Å². The smallest absolute Gasteiger partial charge is 0.306 e. The number of likely N-dealkylation sites (tertiary alicyclic amines) is 1. The summed E-state index contributed by atoms with van der Waals surface area (Å²) >= 11 is 0. The number of benzene rings is 1. The lowest BCUT2D eigenvalue weighted by molar-refractivity contribution is -0.145. The van der Waals surface area contributed by atoms with Crippen molar-refractivity contribution in [2.75, 3.05) is 18.8 Å². The highest BCUT2D eigenvalue weighted by Gasteiger charge is 2.27. The number of carbonyl (C=O) groups is 2. The predicted octanol–water partition coefficient (Wildman–Crippen LogP) is 1.26. The van der Waals surface area contributed by atoms with E-state index in [1.54, 1.807) is 4.90 Å². The number of hydrogen-bond acceptors (Lipinski definition) is 3. The number of carbonyl (C=O) groups excluding carboxylic acids is 1.